The number of nitrogens with zero attached hydrogens (tertiary/aromatic N) is 4. The van der Waals surface area contributed by atoms with E-state index in [2.05, 4.69) is 14.9 Å². The lowest BCUT2D eigenvalue weighted by Gasteiger charge is -2.36. The van der Waals surface area contributed by atoms with Gasteiger partial charge in [-0.25, -0.2) is 0 Å². The zero-order valence-electron chi connectivity index (χ0n) is 13.8. The number of likely N-dealkylation sites (tertiary alicyclic amines) is 2. The van der Waals surface area contributed by atoms with Gasteiger partial charge >= 0.3 is 0 Å². The molecule has 0 aromatic carbocycles. The van der Waals surface area contributed by atoms with Crippen molar-refractivity contribution in [1.82, 2.24) is 19.6 Å². The molecule has 3 rings (SSSR count). The van der Waals surface area contributed by atoms with Crippen LogP contribution in [0.2, 0.25) is 5.02 Å². The quantitative estimate of drug-likeness (QED) is 0.801. The Morgan fingerprint density at radius 1 is 1.17 bits per heavy atom. The fourth-order valence-corrected chi connectivity index (χ4v) is 3.94. The number of carbonyl (C=O) groups is 1. The first-order chi connectivity index (χ1) is 11.2. The minimum absolute atomic E-state index is 0.266. The van der Waals surface area contributed by atoms with E-state index in [-0.39, 0.29) is 5.91 Å². The van der Waals surface area contributed by atoms with E-state index >= 15 is 0 Å². The Hall–Kier alpha value is -1.07. The first-order valence-corrected chi connectivity index (χ1v) is 9.30. The third kappa shape index (κ3) is 4.70. The largest absolute Gasteiger partial charge is 0.340 e. The highest BCUT2D eigenvalue weighted by atomic mass is 35.5. The second-order valence-corrected chi connectivity index (χ2v) is 7.18. The summed E-state index contributed by atoms with van der Waals surface area (Å²) >= 11 is 5.87. The second kappa shape index (κ2) is 8.15. The van der Waals surface area contributed by atoms with Gasteiger partial charge in [-0.2, -0.15) is 5.10 Å². The summed E-state index contributed by atoms with van der Waals surface area (Å²) in [6.07, 6.45) is 11.2. The van der Waals surface area contributed by atoms with Crippen LogP contribution in [0.1, 0.15) is 44.9 Å². The Balaban J connectivity index is 1.49. The average molecular weight is 339 g/mol. The van der Waals surface area contributed by atoms with Gasteiger partial charge in [-0.3, -0.25) is 9.48 Å². The molecule has 6 heteroatoms. The Bertz CT molecular complexity index is 512. The molecule has 0 spiro atoms. The van der Waals surface area contributed by atoms with Crippen LogP contribution < -0.4 is 0 Å². The van der Waals surface area contributed by atoms with Crippen LogP contribution in [0.25, 0.3) is 0 Å². The summed E-state index contributed by atoms with van der Waals surface area (Å²) in [5, 5.41) is 4.77. The van der Waals surface area contributed by atoms with Gasteiger partial charge in [0.05, 0.1) is 11.2 Å². The van der Waals surface area contributed by atoms with E-state index in [1.54, 1.807) is 17.1 Å². The van der Waals surface area contributed by atoms with Gasteiger partial charge in [-0.05, 0) is 51.6 Å². The normalized spacial score (nSPS) is 22.7. The molecule has 5 nitrogen and oxygen atoms in total. The molecule has 2 saturated heterocycles. The molecule has 0 radical (unpaired) electrons. The van der Waals surface area contributed by atoms with E-state index in [0.717, 1.165) is 32.4 Å². The Kier molecular flexibility index (Phi) is 5.95. The molecule has 3 heterocycles. The second-order valence-electron chi connectivity index (χ2n) is 6.75. The van der Waals surface area contributed by atoms with Crippen LogP contribution in [0, 0.1) is 0 Å². The molecule has 1 amide bonds. The van der Waals surface area contributed by atoms with E-state index in [1.165, 1.54) is 32.4 Å². The fraction of sp³-hybridized carbons (Fsp3) is 0.765. The summed E-state index contributed by atoms with van der Waals surface area (Å²) in [5.41, 5.74) is 0. The molecule has 1 atom stereocenters. The average Bonchev–Trinajstić information content (AvgIpc) is 3.22. The molecule has 0 N–H and O–H groups in total. The maximum atomic E-state index is 12.6. The monoisotopic (exact) mass is 338 g/mol. The van der Waals surface area contributed by atoms with Gasteiger partial charge in [0.25, 0.3) is 0 Å². The van der Waals surface area contributed by atoms with Crippen molar-refractivity contribution in [3.8, 4) is 0 Å². The van der Waals surface area contributed by atoms with Crippen molar-refractivity contribution in [3.63, 3.8) is 0 Å². The molecule has 128 valence electrons. The number of piperidine rings is 1. The maximum Gasteiger partial charge on any atom is 0.224 e. The summed E-state index contributed by atoms with van der Waals surface area (Å²) in [5.74, 6) is 0.266. The molecule has 2 aliphatic rings. The lowest BCUT2D eigenvalue weighted by atomic mass is 9.98. The topological polar surface area (TPSA) is 41.4 Å². The summed E-state index contributed by atoms with van der Waals surface area (Å²) < 4.78 is 1.75. The minimum atomic E-state index is 0.266. The van der Waals surface area contributed by atoms with Crippen LogP contribution in [0.5, 0.6) is 0 Å². The van der Waals surface area contributed by atoms with Gasteiger partial charge in [-0.1, -0.05) is 11.6 Å². The molecule has 0 aliphatic carbocycles. The molecule has 0 saturated carbocycles. The molecule has 1 aromatic rings. The summed E-state index contributed by atoms with van der Waals surface area (Å²) in [6, 6.07) is 0.429. The van der Waals surface area contributed by atoms with E-state index in [4.69, 9.17) is 11.6 Å². The highest BCUT2D eigenvalue weighted by Gasteiger charge is 2.27. The van der Waals surface area contributed by atoms with Crippen molar-refractivity contribution < 1.29 is 4.79 Å². The first kappa shape index (κ1) is 16.8. The standard InChI is InChI=1S/C17H27ClN4O/c18-15-13-19-21(14-15)12-7-17(23)22-10-2-1-5-16(22)6-11-20-8-3-4-9-20/h13-14,16H,1-12H2. The number of halogens is 1. The van der Waals surface area contributed by atoms with Crippen LogP contribution in [-0.2, 0) is 11.3 Å². The predicted molar refractivity (Wildman–Crippen MR) is 91.5 cm³/mol. The van der Waals surface area contributed by atoms with E-state index in [1.807, 2.05) is 0 Å². The fourth-order valence-electron chi connectivity index (χ4n) is 3.78. The van der Waals surface area contributed by atoms with E-state index in [0.29, 0.717) is 24.0 Å². The predicted octanol–water partition coefficient (Wildman–Crippen LogP) is 2.79. The van der Waals surface area contributed by atoms with Crippen molar-refractivity contribution >= 4 is 17.5 Å². The van der Waals surface area contributed by atoms with Gasteiger partial charge < -0.3 is 9.80 Å². The molecule has 2 fully saturated rings. The van der Waals surface area contributed by atoms with Gasteiger partial charge in [-0.15, -0.1) is 0 Å². The summed E-state index contributed by atoms with van der Waals surface area (Å²) in [4.78, 5) is 17.3. The molecule has 1 aromatic heterocycles. The molecule has 2 aliphatic heterocycles. The Morgan fingerprint density at radius 2 is 1.96 bits per heavy atom. The van der Waals surface area contributed by atoms with Crippen molar-refractivity contribution in [2.45, 2.75) is 57.5 Å². The highest BCUT2D eigenvalue weighted by molar-refractivity contribution is 6.30. The van der Waals surface area contributed by atoms with E-state index in [9.17, 15) is 4.79 Å². The van der Waals surface area contributed by atoms with Crippen LogP contribution in [0.15, 0.2) is 12.4 Å². The van der Waals surface area contributed by atoms with Crippen molar-refractivity contribution in [2.75, 3.05) is 26.2 Å². The lowest BCUT2D eigenvalue weighted by Crippen LogP contribution is -2.45. The summed E-state index contributed by atoms with van der Waals surface area (Å²) in [6.45, 7) is 5.15. The number of amides is 1. The summed E-state index contributed by atoms with van der Waals surface area (Å²) in [7, 11) is 0. The molecule has 23 heavy (non-hydrogen) atoms. The molecular formula is C17H27ClN4O. The highest BCUT2D eigenvalue weighted by Crippen LogP contribution is 2.22. The number of aryl methyl sites for hydroxylation is 1. The number of carbonyl (C=O) groups excluding carboxylic acids is 1. The molecule has 1 unspecified atom stereocenters. The van der Waals surface area contributed by atoms with E-state index < -0.39 is 0 Å². The number of aromatic nitrogens is 2. The number of rotatable bonds is 6. The lowest BCUT2D eigenvalue weighted by molar-refractivity contribution is -0.135. The maximum absolute atomic E-state index is 12.6. The Labute approximate surface area is 143 Å². The van der Waals surface area contributed by atoms with Crippen molar-refractivity contribution in [3.05, 3.63) is 17.4 Å². The van der Waals surface area contributed by atoms with Gasteiger partial charge in [0.2, 0.25) is 5.91 Å². The zero-order chi connectivity index (χ0) is 16.1. The zero-order valence-corrected chi connectivity index (χ0v) is 14.5. The Morgan fingerprint density at radius 3 is 2.70 bits per heavy atom. The van der Waals surface area contributed by atoms with Gasteiger partial charge in [0.15, 0.2) is 0 Å². The minimum Gasteiger partial charge on any atom is -0.340 e. The van der Waals surface area contributed by atoms with Crippen molar-refractivity contribution in [1.29, 1.82) is 0 Å². The third-order valence-corrected chi connectivity index (χ3v) is 5.28. The van der Waals surface area contributed by atoms with Crippen LogP contribution in [0.4, 0.5) is 0 Å². The van der Waals surface area contributed by atoms with Gasteiger partial charge in [0, 0.05) is 38.3 Å². The molecule has 0 bridgehead atoms. The SMILES string of the molecule is O=C(CCn1cc(Cl)cn1)N1CCCCC1CCN1CCCC1. The van der Waals surface area contributed by atoms with Crippen LogP contribution in [0.3, 0.4) is 0 Å². The number of hydrogen-bond acceptors (Lipinski definition) is 3. The molecular weight excluding hydrogens is 312 g/mol. The smallest absolute Gasteiger partial charge is 0.224 e. The first-order valence-electron chi connectivity index (χ1n) is 8.92. The number of hydrogen-bond donors (Lipinski definition) is 0. The van der Waals surface area contributed by atoms with Crippen LogP contribution in [-0.4, -0.2) is 57.7 Å². The van der Waals surface area contributed by atoms with Gasteiger partial charge in [0.1, 0.15) is 0 Å². The van der Waals surface area contributed by atoms with Crippen LogP contribution >= 0.6 is 11.6 Å². The van der Waals surface area contributed by atoms with Crippen molar-refractivity contribution in [2.24, 2.45) is 0 Å². The third-order valence-electron chi connectivity index (χ3n) is 5.08.